The van der Waals surface area contributed by atoms with E-state index in [0.29, 0.717) is 73.6 Å². The molecule has 1 aromatic carbocycles. The first-order chi connectivity index (χ1) is 35.8. The fourth-order valence-electron chi connectivity index (χ4n) is 16.2. The second kappa shape index (κ2) is 20.5. The van der Waals surface area contributed by atoms with Crippen molar-refractivity contribution in [2.45, 2.75) is 157 Å². The van der Waals surface area contributed by atoms with E-state index in [0.717, 1.165) is 60.8 Å². The zero-order valence-electron chi connectivity index (χ0n) is 46.4. The molecule has 0 aliphatic heterocycles. The van der Waals surface area contributed by atoms with Crippen LogP contribution in [0.25, 0.3) is 11.3 Å². The number of allylic oxidation sites excluding steroid dienone is 1. The number of esters is 1. The third-order valence-corrected chi connectivity index (χ3v) is 21.1. The van der Waals surface area contributed by atoms with E-state index in [-0.39, 0.29) is 89.2 Å². The molecular formula is C59H81ClN4O12. The summed E-state index contributed by atoms with van der Waals surface area (Å²) in [5, 5.41) is 21.2. The minimum atomic E-state index is -1.27. The summed E-state index contributed by atoms with van der Waals surface area (Å²) in [4.78, 5) is 83.2. The number of ketones is 1. The summed E-state index contributed by atoms with van der Waals surface area (Å²) in [6.07, 6.45) is 6.96. The molecule has 6 fully saturated rings. The van der Waals surface area contributed by atoms with E-state index in [1.807, 2.05) is 13.8 Å². The van der Waals surface area contributed by atoms with E-state index < -0.39 is 46.3 Å². The molecule has 416 valence electrons. The first-order valence-corrected chi connectivity index (χ1v) is 28.2. The van der Waals surface area contributed by atoms with E-state index in [2.05, 4.69) is 64.2 Å². The molecule has 17 heteroatoms. The summed E-state index contributed by atoms with van der Waals surface area (Å²) < 4.78 is 28.8. The Balaban J connectivity index is 0.915. The van der Waals surface area contributed by atoms with Gasteiger partial charge in [-0.15, -0.1) is 0 Å². The van der Waals surface area contributed by atoms with Crippen molar-refractivity contribution in [2.24, 2.45) is 62.6 Å². The first kappa shape index (κ1) is 56.1. The molecule has 0 bridgehead atoms. The van der Waals surface area contributed by atoms with E-state index in [1.54, 1.807) is 31.4 Å². The van der Waals surface area contributed by atoms with Crippen LogP contribution in [0, 0.1) is 62.6 Å². The van der Waals surface area contributed by atoms with Crippen molar-refractivity contribution >= 4 is 47.2 Å². The van der Waals surface area contributed by atoms with Crippen LogP contribution in [0.1, 0.15) is 150 Å². The number of benzene rings is 1. The summed E-state index contributed by atoms with van der Waals surface area (Å²) in [6, 6.07) is 8.34. The number of Topliss-reactive ketones (excluding diaryl/α,β-unsaturated/α-hetero) is 1. The van der Waals surface area contributed by atoms with E-state index in [4.69, 9.17) is 35.3 Å². The Morgan fingerprint density at radius 3 is 2.08 bits per heavy atom. The molecule has 6 saturated carbocycles. The molecule has 2 aromatic rings. The Morgan fingerprint density at radius 1 is 0.776 bits per heavy atom. The first-order valence-electron chi connectivity index (χ1n) is 27.8. The molecule has 16 nitrogen and oxygen atoms in total. The van der Waals surface area contributed by atoms with Gasteiger partial charge in [0.15, 0.2) is 5.78 Å². The van der Waals surface area contributed by atoms with Crippen LogP contribution in [0.15, 0.2) is 41.5 Å². The standard InChI is InChI=1S/C59H81ClN4O12/c1-34(2)46-42(65)33-59(62-51(70)58(23-24-58)61-48(66)41-32-40(35-11-13-36(60)14-12-35)63-64(41)52(71)75-30-29-74-28-27-73-26-25-72-10)22-21-56(8)37(47(46)59)15-16-44-55(7)19-18-45(54(5,6)43(55)17-20-57(44,56)9)76-50(69)39-31-38(49(67)68)53(39,3)4/h11-14,32,34,37-39,43-45H,15-31,33H2,1-10H3,(H,61,66)(H,62,70)(H,67,68)/t37-,38+,39-,43+,44-,45+,55+,56-,57-,59-/m1/s1. The summed E-state index contributed by atoms with van der Waals surface area (Å²) >= 11 is 6.19. The topological polar surface area (TPSA) is 211 Å². The predicted octanol–water partition coefficient (Wildman–Crippen LogP) is 9.64. The lowest BCUT2D eigenvalue weighted by Crippen LogP contribution is -2.68. The van der Waals surface area contributed by atoms with Crippen molar-refractivity contribution in [3.05, 3.63) is 52.2 Å². The van der Waals surface area contributed by atoms with Crippen LogP contribution in [-0.4, -0.2) is 114 Å². The Bertz CT molecular complexity index is 2660. The number of hydrogen-bond acceptors (Lipinski definition) is 12. The highest BCUT2D eigenvalue weighted by atomic mass is 35.5. The van der Waals surface area contributed by atoms with E-state index >= 15 is 4.79 Å². The van der Waals surface area contributed by atoms with E-state index in [9.17, 15) is 29.1 Å². The van der Waals surface area contributed by atoms with Crippen LogP contribution in [0.5, 0.6) is 0 Å². The van der Waals surface area contributed by atoms with Crippen LogP contribution in [0.2, 0.25) is 5.02 Å². The number of fused-ring (bicyclic) bond motifs is 7. The number of ether oxygens (including phenoxy) is 5. The Hall–Kier alpha value is -4.64. The fourth-order valence-corrected chi connectivity index (χ4v) is 16.3. The lowest BCUT2D eigenvalue weighted by atomic mass is 9.33. The zero-order chi connectivity index (χ0) is 55.0. The number of carboxylic acid groups (broad SMARTS) is 1. The van der Waals surface area contributed by atoms with Gasteiger partial charge in [-0.05, 0) is 145 Å². The van der Waals surface area contributed by atoms with Gasteiger partial charge in [-0.1, -0.05) is 86.0 Å². The molecule has 1 aromatic heterocycles. The van der Waals surface area contributed by atoms with Gasteiger partial charge in [0.2, 0.25) is 5.91 Å². The smallest absolute Gasteiger partial charge is 0.435 e. The predicted molar refractivity (Wildman–Crippen MR) is 283 cm³/mol. The van der Waals surface area contributed by atoms with Gasteiger partial charge in [0.1, 0.15) is 23.9 Å². The monoisotopic (exact) mass is 1070 g/mol. The van der Waals surface area contributed by atoms with Crippen LogP contribution >= 0.6 is 11.6 Å². The van der Waals surface area contributed by atoms with Gasteiger partial charge in [0.25, 0.3) is 5.91 Å². The summed E-state index contributed by atoms with van der Waals surface area (Å²) in [7, 11) is 1.59. The number of aromatic nitrogens is 2. The highest BCUT2D eigenvalue weighted by molar-refractivity contribution is 6.30. The summed E-state index contributed by atoms with van der Waals surface area (Å²) in [5.41, 5.74) is -0.696. The number of hydrogen-bond donors (Lipinski definition) is 3. The maximum atomic E-state index is 15.0. The molecule has 76 heavy (non-hydrogen) atoms. The Labute approximate surface area is 452 Å². The fraction of sp³-hybridized carbons (Fsp3) is 0.712. The summed E-state index contributed by atoms with van der Waals surface area (Å²) in [5.74, 6) is -2.40. The van der Waals surface area contributed by atoms with Crippen molar-refractivity contribution in [1.82, 2.24) is 20.4 Å². The number of nitrogens with zero attached hydrogens (tertiary/aromatic N) is 2. The molecule has 0 spiro atoms. The van der Waals surface area contributed by atoms with Gasteiger partial charge in [-0.2, -0.15) is 9.78 Å². The Morgan fingerprint density at radius 2 is 1.45 bits per heavy atom. The number of carbonyl (C=O) groups excluding carboxylic acids is 5. The number of methoxy groups -OCH3 is 1. The van der Waals surface area contributed by atoms with Gasteiger partial charge in [-0.3, -0.25) is 24.0 Å². The van der Waals surface area contributed by atoms with Crippen LogP contribution in [0.4, 0.5) is 4.79 Å². The molecule has 0 saturated heterocycles. The molecule has 2 amide bonds. The molecule has 0 unspecified atom stereocenters. The van der Waals surface area contributed by atoms with Gasteiger partial charge in [-0.25, -0.2) is 4.79 Å². The number of nitrogens with one attached hydrogen (secondary N) is 2. The van der Waals surface area contributed by atoms with Crippen LogP contribution < -0.4 is 10.6 Å². The van der Waals surface area contributed by atoms with Gasteiger partial charge in [0.05, 0.1) is 56.1 Å². The lowest BCUT2D eigenvalue weighted by Gasteiger charge is -2.72. The quantitative estimate of drug-likeness (QED) is 0.0939. The molecule has 10 atom stereocenters. The molecule has 3 N–H and O–H groups in total. The minimum absolute atomic E-state index is 0.0342. The van der Waals surface area contributed by atoms with Crippen molar-refractivity contribution in [1.29, 1.82) is 0 Å². The van der Waals surface area contributed by atoms with Crippen LogP contribution in [-0.2, 0) is 42.9 Å². The Kier molecular flexibility index (Phi) is 15.2. The number of carbonyl (C=O) groups is 6. The molecular weight excluding hydrogens is 992 g/mol. The third-order valence-electron chi connectivity index (χ3n) is 20.9. The van der Waals surface area contributed by atoms with Crippen molar-refractivity contribution < 1.29 is 57.6 Å². The molecule has 7 aliphatic carbocycles. The second-order valence-corrected chi connectivity index (χ2v) is 26.2. The maximum Gasteiger partial charge on any atom is 0.435 e. The van der Waals surface area contributed by atoms with Gasteiger partial charge in [0, 0.05) is 29.5 Å². The lowest BCUT2D eigenvalue weighted by molar-refractivity contribution is -0.235. The molecule has 1 heterocycles. The van der Waals surface area contributed by atoms with Gasteiger partial charge >= 0.3 is 18.0 Å². The van der Waals surface area contributed by atoms with Crippen molar-refractivity contribution in [3.63, 3.8) is 0 Å². The van der Waals surface area contributed by atoms with E-state index in [1.165, 1.54) is 6.07 Å². The highest BCUT2D eigenvalue weighted by Crippen LogP contribution is 2.76. The number of rotatable bonds is 18. The molecule has 7 aliphatic rings. The maximum absolute atomic E-state index is 15.0. The van der Waals surface area contributed by atoms with Crippen LogP contribution in [0.3, 0.4) is 0 Å². The summed E-state index contributed by atoms with van der Waals surface area (Å²) in [6.45, 7) is 21.4. The average molecular weight is 1070 g/mol. The zero-order valence-corrected chi connectivity index (χ0v) is 47.1. The second-order valence-electron chi connectivity index (χ2n) is 25.7. The van der Waals surface area contributed by atoms with Crippen molar-refractivity contribution in [3.8, 4) is 11.3 Å². The largest absolute Gasteiger partial charge is 0.481 e. The number of carboxylic acids is 1. The normalized spacial score (nSPS) is 33.4. The minimum Gasteiger partial charge on any atom is -0.481 e. The molecule has 0 radical (unpaired) electrons. The third kappa shape index (κ3) is 9.43. The van der Waals surface area contributed by atoms with Crippen molar-refractivity contribution in [2.75, 3.05) is 46.8 Å². The van der Waals surface area contributed by atoms with Gasteiger partial charge < -0.3 is 39.4 Å². The highest BCUT2D eigenvalue weighted by Gasteiger charge is 2.71. The number of amides is 2. The number of halogens is 1. The average Bonchev–Trinajstić information content (AvgIpc) is 4.05. The molecule has 9 rings (SSSR count). The SMILES string of the molecule is COCCOCCOCCOC(=O)n1nc(-c2ccc(Cl)cc2)cc1C(=O)NC1(C(=O)N[C@@]23CC[C@]4(C)[C@H](CC[C@@H]5[C@@]6(C)CC[C@H](OC(=O)[C@H]7C[C@@H](C(=O)O)C7(C)C)C(C)(C)[C@@H]6CC[C@]54C)C2=C(C(C)C)C(=O)C3)CC1. The number of aliphatic carboxylic acids is 1.